The van der Waals surface area contributed by atoms with Crippen molar-refractivity contribution in [2.75, 3.05) is 0 Å². The fourth-order valence-corrected chi connectivity index (χ4v) is 2.98. The quantitative estimate of drug-likeness (QED) is 0.478. The van der Waals surface area contributed by atoms with Crippen LogP contribution in [-0.2, 0) is 0 Å². The van der Waals surface area contributed by atoms with Crippen molar-refractivity contribution in [3.8, 4) is 11.1 Å². The van der Waals surface area contributed by atoms with E-state index < -0.39 is 22.2 Å². The van der Waals surface area contributed by atoms with Gasteiger partial charge in [0.25, 0.3) is 22.2 Å². The molecule has 0 aliphatic rings. The van der Waals surface area contributed by atoms with E-state index >= 15 is 0 Å². The summed E-state index contributed by atoms with van der Waals surface area (Å²) in [5.74, 6) is 0. The smallest absolute Gasteiger partial charge is 0.295 e. The molecule has 0 atom stereocenters. The van der Waals surface area contributed by atoms with Gasteiger partial charge < -0.3 is 10.4 Å². The maximum Gasteiger partial charge on any atom is 0.295 e. The normalized spacial score (nSPS) is 11.5. The van der Waals surface area contributed by atoms with Crippen molar-refractivity contribution in [3.05, 3.63) is 77.8 Å². The highest BCUT2D eigenvalue weighted by molar-refractivity contribution is 6.12. The molecule has 0 radical (unpaired) electrons. The van der Waals surface area contributed by atoms with E-state index in [1.54, 1.807) is 30.3 Å². The second kappa shape index (κ2) is 4.42. The molecule has 0 aliphatic carbocycles. The summed E-state index contributed by atoms with van der Waals surface area (Å²) in [7, 11) is 0. The van der Waals surface area contributed by atoms with Crippen LogP contribution in [0.2, 0.25) is 0 Å². The number of hydrogen-bond acceptors (Lipinski definition) is 6. The molecule has 4 rings (SSSR count). The first-order chi connectivity index (χ1) is 11.4. The van der Waals surface area contributed by atoms with Crippen LogP contribution in [0.15, 0.2) is 55.6 Å². The lowest BCUT2D eigenvalue weighted by Crippen LogP contribution is -2.23. The van der Waals surface area contributed by atoms with Crippen molar-refractivity contribution in [3.63, 3.8) is 0 Å². The Morgan fingerprint density at radius 1 is 0.667 bits per heavy atom. The van der Waals surface area contributed by atoms with E-state index in [1.807, 2.05) is 0 Å². The second-order valence-electron chi connectivity index (χ2n) is 5.31. The Bertz CT molecular complexity index is 1250. The highest BCUT2D eigenvalue weighted by Gasteiger charge is 2.25. The van der Waals surface area contributed by atoms with Crippen LogP contribution in [0.25, 0.3) is 32.7 Å². The van der Waals surface area contributed by atoms with Crippen molar-refractivity contribution < 1.29 is 10.4 Å². The summed E-state index contributed by atoms with van der Waals surface area (Å²) in [4.78, 5) is 48.6. The van der Waals surface area contributed by atoms with Gasteiger partial charge in [0.1, 0.15) is 0 Å². The van der Waals surface area contributed by atoms with Gasteiger partial charge in [-0.3, -0.25) is 19.2 Å². The summed E-state index contributed by atoms with van der Waals surface area (Å²) in [6.07, 6.45) is 0. The molecule has 2 N–H and O–H groups in total. The van der Waals surface area contributed by atoms with Crippen molar-refractivity contribution in [2.24, 2.45) is 0 Å². The average molecular weight is 324 g/mol. The first-order valence-corrected chi connectivity index (χ1v) is 6.85. The molecule has 4 aromatic rings. The van der Waals surface area contributed by atoms with Crippen LogP contribution < -0.4 is 22.2 Å². The van der Waals surface area contributed by atoms with Crippen molar-refractivity contribution in [2.45, 2.75) is 0 Å². The summed E-state index contributed by atoms with van der Waals surface area (Å²) in [6.45, 7) is 0. The first kappa shape index (κ1) is 13.9. The minimum absolute atomic E-state index is 0.0351. The van der Waals surface area contributed by atoms with Crippen molar-refractivity contribution in [1.29, 1.82) is 0 Å². The van der Waals surface area contributed by atoms with Crippen LogP contribution in [0.3, 0.4) is 0 Å². The molecule has 8 heteroatoms. The second-order valence-corrected chi connectivity index (χ2v) is 5.31. The third-order valence-electron chi connectivity index (χ3n) is 4.05. The molecule has 0 spiro atoms. The van der Waals surface area contributed by atoms with E-state index in [-0.39, 0.29) is 36.6 Å². The Kier molecular flexibility index (Phi) is 2.57. The monoisotopic (exact) mass is 324 g/mol. The maximum absolute atomic E-state index is 12.3. The van der Waals surface area contributed by atoms with Crippen LogP contribution in [0.5, 0.6) is 0 Å². The SMILES string of the molecule is O=c1c2cc3c(=O)n(O)c(=O)c3c(-c3ccccc3)c2c(=O)n1O. The summed E-state index contributed by atoms with van der Waals surface area (Å²) in [6, 6.07) is 9.23. The average Bonchev–Trinajstić information content (AvgIpc) is 2.95. The third kappa shape index (κ3) is 1.51. The van der Waals surface area contributed by atoms with E-state index in [0.717, 1.165) is 6.07 Å². The molecule has 0 bridgehead atoms. The van der Waals surface area contributed by atoms with Crippen LogP contribution >= 0.6 is 0 Å². The van der Waals surface area contributed by atoms with Gasteiger partial charge in [0.05, 0.1) is 21.5 Å². The summed E-state index contributed by atoms with van der Waals surface area (Å²) >= 11 is 0. The number of aromatic nitrogens is 2. The van der Waals surface area contributed by atoms with Gasteiger partial charge >= 0.3 is 0 Å². The molecule has 0 aliphatic heterocycles. The zero-order valence-corrected chi connectivity index (χ0v) is 11.9. The first-order valence-electron chi connectivity index (χ1n) is 6.85. The van der Waals surface area contributed by atoms with Crippen LogP contribution in [0.4, 0.5) is 0 Å². The lowest BCUT2D eigenvalue weighted by Gasteiger charge is -2.04. The van der Waals surface area contributed by atoms with Gasteiger partial charge in [-0.25, -0.2) is 0 Å². The summed E-state index contributed by atoms with van der Waals surface area (Å²) in [5, 5.41) is 18.5. The molecular weight excluding hydrogens is 316 g/mol. The van der Waals surface area contributed by atoms with Crippen molar-refractivity contribution >= 4 is 21.5 Å². The minimum atomic E-state index is -0.994. The number of fused-ring (bicyclic) bond motifs is 2. The maximum atomic E-state index is 12.3. The van der Waals surface area contributed by atoms with Gasteiger partial charge in [-0.05, 0) is 11.6 Å². The Morgan fingerprint density at radius 2 is 1.12 bits per heavy atom. The summed E-state index contributed by atoms with van der Waals surface area (Å²) < 4.78 is -0.115. The predicted octanol–water partition coefficient (Wildman–Crippen LogP) is 0.0540. The number of rotatable bonds is 1. The number of hydrogen-bond donors (Lipinski definition) is 2. The zero-order chi connectivity index (χ0) is 17.2. The van der Waals surface area contributed by atoms with Crippen molar-refractivity contribution in [1.82, 2.24) is 9.46 Å². The molecule has 8 nitrogen and oxygen atoms in total. The molecule has 0 saturated heterocycles. The van der Waals surface area contributed by atoms with Gasteiger partial charge in [0.15, 0.2) is 0 Å². The van der Waals surface area contributed by atoms with Crippen LogP contribution in [0.1, 0.15) is 0 Å². The molecule has 118 valence electrons. The standard InChI is InChI=1S/C16H8N2O6/c19-13-8-6-9-12(16(22)18(24)14(9)20)10(7-4-2-1-3-5-7)11(8)15(21)17(13)23/h1-6,23-24H. The molecule has 2 aromatic heterocycles. The molecule has 0 fully saturated rings. The van der Waals surface area contributed by atoms with Gasteiger partial charge in [0, 0.05) is 5.56 Å². The molecule has 2 aromatic carbocycles. The van der Waals surface area contributed by atoms with Crippen LogP contribution in [0, 0.1) is 0 Å². The Labute approximate surface area is 131 Å². The Morgan fingerprint density at radius 3 is 1.58 bits per heavy atom. The van der Waals surface area contributed by atoms with E-state index in [4.69, 9.17) is 0 Å². The lowest BCUT2D eigenvalue weighted by atomic mass is 9.96. The Hall–Kier alpha value is -3.68. The van der Waals surface area contributed by atoms with Gasteiger partial charge in [-0.2, -0.15) is 0 Å². The topological polar surface area (TPSA) is 119 Å². The number of benzene rings is 2. The van der Waals surface area contributed by atoms with Gasteiger partial charge in [-0.15, -0.1) is 9.46 Å². The van der Waals surface area contributed by atoms with E-state index in [1.165, 1.54) is 0 Å². The highest BCUT2D eigenvalue weighted by atomic mass is 16.5. The van der Waals surface area contributed by atoms with Crippen LogP contribution in [-0.4, -0.2) is 19.9 Å². The summed E-state index contributed by atoms with van der Waals surface area (Å²) in [5.41, 5.74) is -3.54. The molecule has 0 unspecified atom stereocenters. The largest absolute Gasteiger partial charge is 0.422 e. The van der Waals surface area contributed by atoms with Gasteiger partial charge in [-0.1, -0.05) is 30.3 Å². The lowest BCUT2D eigenvalue weighted by molar-refractivity contribution is 0.171. The molecule has 0 saturated carbocycles. The predicted molar refractivity (Wildman–Crippen MR) is 84.7 cm³/mol. The molecule has 2 heterocycles. The van der Waals surface area contributed by atoms with E-state index in [0.29, 0.717) is 5.56 Å². The number of nitrogens with zero attached hydrogens (tertiary/aromatic N) is 2. The fraction of sp³-hybridized carbons (Fsp3) is 0. The molecular formula is C16H8N2O6. The molecule has 0 amide bonds. The third-order valence-corrected chi connectivity index (χ3v) is 4.05. The zero-order valence-electron chi connectivity index (χ0n) is 11.9. The minimum Gasteiger partial charge on any atom is -0.422 e. The molecule has 24 heavy (non-hydrogen) atoms. The van der Waals surface area contributed by atoms with E-state index in [9.17, 15) is 29.6 Å². The highest BCUT2D eigenvalue weighted by Crippen LogP contribution is 2.31. The fourth-order valence-electron chi connectivity index (χ4n) is 2.98. The van der Waals surface area contributed by atoms with Gasteiger partial charge in [0.2, 0.25) is 0 Å². The van der Waals surface area contributed by atoms with E-state index in [2.05, 4.69) is 0 Å². The Balaban J connectivity index is 2.46.